The Labute approximate surface area is 90.3 Å². The van der Waals surface area contributed by atoms with Crippen LogP contribution >= 0.6 is 0 Å². The Kier molecular flexibility index (Phi) is 1.67. The topological polar surface area (TPSA) is 84.7 Å². The number of pyridine rings is 1. The molecule has 2 aromatic heterocycles. The van der Waals surface area contributed by atoms with Gasteiger partial charge in [-0.15, -0.1) is 0 Å². The Morgan fingerprint density at radius 2 is 2.12 bits per heavy atom. The van der Waals surface area contributed by atoms with Crippen LogP contribution in [-0.4, -0.2) is 21.1 Å². The minimum absolute atomic E-state index is 0.322. The second kappa shape index (κ2) is 3.03. The average Bonchev–Trinajstić information content (AvgIpc) is 2.73. The van der Waals surface area contributed by atoms with Crippen LogP contribution < -0.4 is 5.73 Å². The van der Waals surface area contributed by atoms with E-state index in [-0.39, 0.29) is 0 Å². The number of hydrogen-bond donors (Lipinski definition) is 2. The normalized spacial score (nSPS) is 11.0. The zero-order valence-electron chi connectivity index (χ0n) is 8.27. The molecule has 1 amide bonds. The summed E-state index contributed by atoms with van der Waals surface area (Å²) in [6.07, 6.45) is 1.69. The van der Waals surface area contributed by atoms with Crippen LogP contribution in [0.4, 0.5) is 0 Å². The average molecular weight is 212 g/mol. The number of H-pyrrole nitrogens is 1. The summed E-state index contributed by atoms with van der Waals surface area (Å²) in [6.45, 7) is 0. The quantitative estimate of drug-likeness (QED) is 0.635. The van der Waals surface area contributed by atoms with Gasteiger partial charge in [0.15, 0.2) is 0 Å². The van der Waals surface area contributed by atoms with Gasteiger partial charge >= 0.3 is 0 Å². The number of nitrogens with two attached hydrogens (primary N) is 1. The molecule has 0 spiro atoms. The molecule has 0 saturated heterocycles. The van der Waals surface area contributed by atoms with E-state index in [4.69, 9.17) is 5.73 Å². The van der Waals surface area contributed by atoms with Gasteiger partial charge in [-0.3, -0.25) is 14.9 Å². The predicted molar refractivity (Wildman–Crippen MR) is 59.9 cm³/mol. The summed E-state index contributed by atoms with van der Waals surface area (Å²) in [6, 6.07) is 7.52. The molecule has 78 valence electrons. The minimum Gasteiger partial charge on any atom is -0.364 e. The molecule has 5 heteroatoms. The SMILES string of the molecule is NC(=O)c1[nH]nc2c1ccc1cccnc12. The molecular formula is C11H8N4O. The van der Waals surface area contributed by atoms with Crippen LogP contribution in [-0.2, 0) is 0 Å². The maximum atomic E-state index is 11.1. The molecule has 2 heterocycles. The van der Waals surface area contributed by atoms with Crippen LogP contribution in [0.2, 0.25) is 0 Å². The fraction of sp³-hybridized carbons (Fsp3) is 0. The van der Waals surface area contributed by atoms with E-state index < -0.39 is 5.91 Å². The van der Waals surface area contributed by atoms with Crippen molar-refractivity contribution in [3.63, 3.8) is 0 Å². The Hall–Kier alpha value is -2.43. The lowest BCUT2D eigenvalue weighted by Crippen LogP contribution is -2.11. The van der Waals surface area contributed by atoms with E-state index in [1.54, 1.807) is 6.20 Å². The molecule has 0 bridgehead atoms. The van der Waals surface area contributed by atoms with Gasteiger partial charge in [0.1, 0.15) is 11.2 Å². The first-order valence-corrected chi connectivity index (χ1v) is 4.79. The zero-order chi connectivity index (χ0) is 11.1. The molecule has 0 fully saturated rings. The molecule has 16 heavy (non-hydrogen) atoms. The van der Waals surface area contributed by atoms with E-state index in [1.807, 2.05) is 24.3 Å². The Morgan fingerprint density at radius 1 is 1.25 bits per heavy atom. The van der Waals surface area contributed by atoms with E-state index in [0.717, 1.165) is 10.9 Å². The number of carbonyl (C=O) groups is 1. The van der Waals surface area contributed by atoms with Crippen molar-refractivity contribution < 1.29 is 4.79 Å². The number of nitrogens with one attached hydrogen (secondary N) is 1. The van der Waals surface area contributed by atoms with E-state index in [1.165, 1.54) is 0 Å². The third kappa shape index (κ3) is 1.08. The van der Waals surface area contributed by atoms with Crippen molar-refractivity contribution in [1.29, 1.82) is 0 Å². The highest BCUT2D eigenvalue weighted by atomic mass is 16.1. The predicted octanol–water partition coefficient (Wildman–Crippen LogP) is 1.21. The largest absolute Gasteiger partial charge is 0.364 e. The number of nitrogens with zero attached hydrogens (tertiary/aromatic N) is 2. The number of aromatic nitrogens is 3. The highest BCUT2D eigenvalue weighted by Gasteiger charge is 2.12. The molecule has 0 unspecified atom stereocenters. The van der Waals surface area contributed by atoms with Gasteiger partial charge in [-0.05, 0) is 12.1 Å². The molecule has 0 aliphatic carbocycles. The van der Waals surface area contributed by atoms with Crippen LogP contribution in [0.1, 0.15) is 10.5 Å². The third-order valence-electron chi connectivity index (χ3n) is 2.54. The maximum absolute atomic E-state index is 11.1. The number of hydrogen-bond acceptors (Lipinski definition) is 3. The molecule has 0 aliphatic rings. The van der Waals surface area contributed by atoms with Gasteiger partial charge in [-0.1, -0.05) is 12.1 Å². The molecular weight excluding hydrogens is 204 g/mol. The fourth-order valence-electron chi connectivity index (χ4n) is 1.80. The maximum Gasteiger partial charge on any atom is 0.267 e. The summed E-state index contributed by atoms with van der Waals surface area (Å²) in [5.74, 6) is -0.516. The lowest BCUT2D eigenvalue weighted by Gasteiger charge is -1.96. The highest BCUT2D eigenvalue weighted by molar-refractivity contribution is 6.11. The van der Waals surface area contributed by atoms with Gasteiger partial charge in [-0.25, -0.2) is 0 Å². The number of benzene rings is 1. The molecule has 3 rings (SSSR count). The van der Waals surface area contributed by atoms with Gasteiger partial charge in [0.25, 0.3) is 5.91 Å². The van der Waals surface area contributed by atoms with Crippen molar-refractivity contribution in [3.8, 4) is 0 Å². The van der Waals surface area contributed by atoms with Crippen molar-refractivity contribution in [3.05, 3.63) is 36.2 Å². The summed E-state index contributed by atoms with van der Waals surface area (Å²) in [5, 5.41) is 8.41. The van der Waals surface area contributed by atoms with Gasteiger partial charge in [0, 0.05) is 17.0 Å². The van der Waals surface area contributed by atoms with E-state index >= 15 is 0 Å². The smallest absolute Gasteiger partial charge is 0.267 e. The minimum atomic E-state index is -0.516. The van der Waals surface area contributed by atoms with Crippen molar-refractivity contribution in [2.75, 3.05) is 0 Å². The van der Waals surface area contributed by atoms with Crippen LogP contribution in [0.5, 0.6) is 0 Å². The molecule has 1 aromatic carbocycles. The summed E-state index contributed by atoms with van der Waals surface area (Å²) < 4.78 is 0. The standard InChI is InChI=1S/C11H8N4O/c12-11(16)10-7-4-3-6-2-1-5-13-8(6)9(7)14-15-10/h1-5H,(H2,12,16)(H,14,15). The monoisotopic (exact) mass is 212 g/mol. The number of carbonyl (C=O) groups excluding carboxylic acids is 1. The van der Waals surface area contributed by atoms with Crippen molar-refractivity contribution in [1.82, 2.24) is 15.2 Å². The van der Waals surface area contributed by atoms with Crippen LogP contribution in [0.3, 0.4) is 0 Å². The molecule has 0 aliphatic heterocycles. The van der Waals surface area contributed by atoms with Crippen LogP contribution in [0.15, 0.2) is 30.5 Å². The van der Waals surface area contributed by atoms with Gasteiger partial charge in [-0.2, -0.15) is 5.10 Å². The first-order valence-electron chi connectivity index (χ1n) is 4.79. The summed E-state index contributed by atoms with van der Waals surface area (Å²) in [4.78, 5) is 15.4. The van der Waals surface area contributed by atoms with Gasteiger partial charge in [0.2, 0.25) is 0 Å². The van der Waals surface area contributed by atoms with E-state index in [2.05, 4.69) is 15.2 Å². The third-order valence-corrected chi connectivity index (χ3v) is 2.54. The number of amides is 1. The van der Waals surface area contributed by atoms with Crippen LogP contribution in [0, 0.1) is 0 Å². The first-order chi connectivity index (χ1) is 7.77. The van der Waals surface area contributed by atoms with Gasteiger partial charge < -0.3 is 5.73 Å². The molecule has 3 N–H and O–H groups in total. The second-order valence-electron chi connectivity index (χ2n) is 3.50. The lowest BCUT2D eigenvalue weighted by atomic mass is 10.1. The Balaban J connectivity index is 2.49. The van der Waals surface area contributed by atoms with Crippen molar-refractivity contribution in [2.45, 2.75) is 0 Å². The molecule has 0 radical (unpaired) electrons. The lowest BCUT2D eigenvalue weighted by molar-refractivity contribution is 0.0997. The fourth-order valence-corrected chi connectivity index (χ4v) is 1.80. The first kappa shape index (κ1) is 8.84. The number of primary amides is 1. The summed E-state index contributed by atoms with van der Waals surface area (Å²) in [7, 11) is 0. The number of rotatable bonds is 1. The van der Waals surface area contributed by atoms with E-state index in [0.29, 0.717) is 16.6 Å². The highest BCUT2D eigenvalue weighted by Crippen LogP contribution is 2.23. The molecule has 5 nitrogen and oxygen atoms in total. The van der Waals surface area contributed by atoms with Gasteiger partial charge in [0.05, 0.1) is 5.52 Å². The van der Waals surface area contributed by atoms with E-state index in [9.17, 15) is 4.79 Å². The van der Waals surface area contributed by atoms with Crippen LogP contribution in [0.25, 0.3) is 21.8 Å². The van der Waals surface area contributed by atoms with Crippen molar-refractivity contribution in [2.24, 2.45) is 5.73 Å². The number of fused-ring (bicyclic) bond motifs is 3. The molecule has 0 atom stereocenters. The number of aromatic amines is 1. The Morgan fingerprint density at radius 3 is 2.94 bits per heavy atom. The Bertz CT molecular complexity index is 701. The molecule has 3 aromatic rings. The second-order valence-corrected chi connectivity index (χ2v) is 3.50. The van der Waals surface area contributed by atoms with Crippen molar-refractivity contribution >= 4 is 27.7 Å². The summed E-state index contributed by atoms with van der Waals surface area (Å²) >= 11 is 0. The molecule has 0 saturated carbocycles. The zero-order valence-corrected chi connectivity index (χ0v) is 8.27. The summed E-state index contributed by atoms with van der Waals surface area (Å²) in [5.41, 5.74) is 7.00.